The standard InChI is InChI=1S/C17H35N3/c1-4-9-19-10-5-16(6-11-19)14-20-12-7-17(8-13-20)18-15(2)3/h15-18H,4-14H2,1-3H3. The molecule has 0 atom stereocenters. The van der Waals surface area contributed by atoms with E-state index in [-0.39, 0.29) is 0 Å². The largest absolute Gasteiger partial charge is 0.312 e. The summed E-state index contributed by atoms with van der Waals surface area (Å²) in [6.45, 7) is 14.8. The number of piperidine rings is 2. The maximum atomic E-state index is 3.69. The third kappa shape index (κ3) is 5.34. The zero-order valence-corrected chi connectivity index (χ0v) is 13.9. The van der Waals surface area contributed by atoms with Gasteiger partial charge in [0, 0.05) is 18.6 Å². The Morgan fingerprint density at radius 1 is 0.950 bits per heavy atom. The molecule has 0 bridgehead atoms. The van der Waals surface area contributed by atoms with Crippen molar-refractivity contribution in [3.05, 3.63) is 0 Å². The van der Waals surface area contributed by atoms with Gasteiger partial charge in [0.25, 0.3) is 0 Å². The Kier molecular flexibility index (Phi) is 6.79. The van der Waals surface area contributed by atoms with Crippen LogP contribution < -0.4 is 5.32 Å². The van der Waals surface area contributed by atoms with E-state index in [9.17, 15) is 0 Å². The van der Waals surface area contributed by atoms with Crippen LogP contribution in [0.3, 0.4) is 0 Å². The minimum Gasteiger partial charge on any atom is -0.312 e. The van der Waals surface area contributed by atoms with Gasteiger partial charge >= 0.3 is 0 Å². The highest BCUT2D eigenvalue weighted by atomic mass is 15.2. The zero-order chi connectivity index (χ0) is 14.4. The average Bonchev–Trinajstić information content (AvgIpc) is 2.43. The number of hydrogen-bond donors (Lipinski definition) is 1. The summed E-state index contributed by atoms with van der Waals surface area (Å²) in [7, 11) is 0. The second-order valence-corrected chi connectivity index (χ2v) is 7.18. The molecule has 20 heavy (non-hydrogen) atoms. The van der Waals surface area contributed by atoms with E-state index in [0.29, 0.717) is 6.04 Å². The first-order chi connectivity index (χ1) is 9.67. The Morgan fingerprint density at radius 2 is 1.55 bits per heavy atom. The zero-order valence-electron chi connectivity index (χ0n) is 13.9. The monoisotopic (exact) mass is 281 g/mol. The van der Waals surface area contributed by atoms with Crippen molar-refractivity contribution in [2.24, 2.45) is 5.92 Å². The van der Waals surface area contributed by atoms with Crippen molar-refractivity contribution in [1.82, 2.24) is 15.1 Å². The molecule has 2 aliphatic rings. The second-order valence-electron chi connectivity index (χ2n) is 7.18. The molecule has 0 amide bonds. The van der Waals surface area contributed by atoms with Gasteiger partial charge in [-0.1, -0.05) is 20.8 Å². The van der Waals surface area contributed by atoms with Gasteiger partial charge in [0.1, 0.15) is 0 Å². The summed E-state index contributed by atoms with van der Waals surface area (Å²) < 4.78 is 0. The molecular formula is C17H35N3. The molecule has 2 fully saturated rings. The number of likely N-dealkylation sites (tertiary alicyclic amines) is 2. The summed E-state index contributed by atoms with van der Waals surface area (Å²) in [6, 6.07) is 1.40. The lowest BCUT2D eigenvalue weighted by molar-refractivity contribution is 0.122. The van der Waals surface area contributed by atoms with Crippen LogP contribution in [0, 0.1) is 5.92 Å². The van der Waals surface area contributed by atoms with Crippen molar-refractivity contribution in [2.45, 2.75) is 65.0 Å². The third-order valence-corrected chi connectivity index (χ3v) is 4.92. The summed E-state index contributed by atoms with van der Waals surface area (Å²) in [6.07, 6.45) is 6.83. The summed E-state index contributed by atoms with van der Waals surface area (Å²) in [5.74, 6) is 0.956. The van der Waals surface area contributed by atoms with Gasteiger partial charge in [0.15, 0.2) is 0 Å². The minimum atomic E-state index is 0.634. The van der Waals surface area contributed by atoms with Gasteiger partial charge in [-0.15, -0.1) is 0 Å². The normalized spacial score (nSPS) is 24.6. The predicted octanol–water partition coefficient (Wildman–Crippen LogP) is 2.57. The van der Waals surface area contributed by atoms with E-state index < -0.39 is 0 Å². The van der Waals surface area contributed by atoms with E-state index in [0.717, 1.165) is 12.0 Å². The number of hydrogen-bond acceptors (Lipinski definition) is 3. The van der Waals surface area contributed by atoms with Crippen molar-refractivity contribution in [3.63, 3.8) is 0 Å². The Balaban J connectivity index is 1.61. The maximum absolute atomic E-state index is 3.69. The molecule has 3 heteroatoms. The Morgan fingerprint density at radius 3 is 2.10 bits per heavy atom. The molecule has 0 unspecified atom stereocenters. The van der Waals surface area contributed by atoms with Gasteiger partial charge in [-0.3, -0.25) is 0 Å². The molecular weight excluding hydrogens is 246 g/mol. The smallest absolute Gasteiger partial charge is 0.00937 e. The van der Waals surface area contributed by atoms with E-state index in [2.05, 4.69) is 35.9 Å². The maximum Gasteiger partial charge on any atom is 0.00937 e. The molecule has 2 aliphatic heterocycles. The van der Waals surface area contributed by atoms with Crippen molar-refractivity contribution in [3.8, 4) is 0 Å². The first-order valence-corrected chi connectivity index (χ1v) is 8.88. The molecule has 2 rings (SSSR count). The van der Waals surface area contributed by atoms with Crippen LogP contribution in [0.5, 0.6) is 0 Å². The van der Waals surface area contributed by atoms with Crippen LogP contribution in [0.4, 0.5) is 0 Å². The number of rotatable bonds is 6. The first-order valence-electron chi connectivity index (χ1n) is 8.88. The van der Waals surface area contributed by atoms with Gasteiger partial charge in [-0.25, -0.2) is 0 Å². The van der Waals surface area contributed by atoms with Gasteiger partial charge < -0.3 is 15.1 Å². The Labute approximate surface area is 126 Å². The van der Waals surface area contributed by atoms with Crippen LogP contribution in [-0.2, 0) is 0 Å². The second kappa shape index (κ2) is 8.35. The molecule has 0 aliphatic carbocycles. The highest BCUT2D eigenvalue weighted by molar-refractivity contribution is 4.81. The quantitative estimate of drug-likeness (QED) is 0.807. The highest BCUT2D eigenvalue weighted by Crippen LogP contribution is 2.20. The molecule has 2 saturated heterocycles. The molecule has 0 aromatic carbocycles. The third-order valence-electron chi connectivity index (χ3n) is 4.92. The lowest BCUT2D eigenvalue weighted by atomic mass is 9.94. The van der Waals surface area contributed by atoms with Crippen LogP contribution in [0.2, 0.25) is 0 Å². The molecule has 0 radical (unpaired) electrons. The van der Waals surface area contributed by atoms with Crippen LogP contribution >= 0.6 is 0 Å². The minimum absolute atomic E-state index is 0.634. The van der Waals surface area contributed by atoms with Crippen molar-refractivity contribution >= 4 is 0 Å². The van der Waals surface area contributed by atoms with E-state index in [1.807, 2.05) is 0 Å². The number of nitrogens with zero attached hydrogens (tertiary/aromatic N) is 2. The fourth-order valence-corrected chi connectivity index (χ4v) is 3.83. The van der Waals surface area contributed by atoms with E-state index >= 15 is 0 Å². The summed E-state index contributed by atoms with van der Waals surface area (Å²) in [5.41, 5.74) is 0. The van der Waals surface area contributed by atoms with E-state index in [1.54, 1.807) is 0 Å². The fourth-order valence-electron chi connectivity index (χ4n) is 3.83. The lowest BCUT2D eigenvalue weighted by Crippen LogP contribution is -2.47. The summed E-state index contributed by atoms with van der Waals surface area (Å²) in [4.78, 5) is 5.37. The van der Waals surface area contributed by atoms with Crippen LogP contribution in [-0.4, -0.2) is 61.2 Å². The average molecular weight is 281 g/mol. The van der Waals surface area contributed by atoms with Crippen molar-refractivity contribution < 1.29 is 0 Å². The molecule has 2 heterocycles. The number of nitrogens with one attached hydrogen (secondary N) is 1. The van der Waals surface area contributed by atoms with E-state index in [1.165, 1.54) is 71.4 Å². The van der Waals surface area contributed by atoms with Gasteiger partial charge in [-0.05, 0) is 70.7 Å². The fraction of sp³-hybridized carbons (Fsp3) is 1.00. The topological polar surface area (TPSA) is 18.5 Å². The molecule has 118 valence electrons. The first kappa shape index (κ1) is 16.3. The van der Waals surface area contributed by atoms with Crippen molar-refractivity contribution in [2.75, 3.05) is 39.3 Å². The van der Waals surface area contributed by atoms with Crippen LogP contribution in [0.25, 0.3) is 0 Å². The molecule has 0 saturated carbocycles. The lowest BCUT2D eigenvalue weighted by Gasteiger charge is -2.38. The molecule has 0 spiro atoms. The molecule has 1 N–H and O–H groups in total. The van der Waals surface area contributed by atoms with Gasteiger partial charge in [-0.2, -0.15) is 0 Å². The Bertz CT molecular complexity index is 251. The predicted molar refractivity (Wildman–Crippen MR) is 87.2 cm³/mol. The molecule has 3 nitrogen and oxygen atoms in total. The van der Waals surface area contributed by atoms with Crippen LogP contribution in [0.15, 0.2) is 0 Å². The van der Waals surface area contributed by atoms with E-state index in [4.69, 9.17) is 0 Å². The molecule has 0 aromatic heterocycles. The summed E-state index contributed by atoms with van der Waals surface area (Å²) >= 11 is 0. The summed E-state index contributed by atoms with van der Waals surface area (Å²) in [5, 5.41) is 3.69. The van der Waals surface area contributed by atoms with Gasteiger partial charge in [0.2, 0.25) is 0 Å². The molecule has 0 aromatic rings. The van der Waals surface area contributed by atoms with Gasteiger partial charge in [0.05, 0.1) is 0 Å². The van der Waals surface area contributed by atoms with Crippen LogP contribution in [0.1, 0.15) is 52.9 Å². The Hall–Kier alpha value is -0.120. The van der Waals surface area contributed by atoms with Crippen molar-refractivity contribution in [1.29, 1.82) is 0 Å². The SMILES string of the molecule is CCCN1CCC(CN2CCC(NC(C)C)CC2)CC1. The highest BCUT2D eigenvalue weighted by Gasteiger charge is 2.24.